The average molecular weight is 340 g/mol. The molecule has 1 aliphatic carbocycles. The van der Waals surface area contributed by atoms with E-state index < -0.39 is 11.6 Å². The number of rotatable bonds is 5. The van der Waals surface area contributed by atoms with E-state index in [0.717, 1.165) is 12.8 Å². The predicted octanol–water partition coefficient (Wildman–Crippen LogP) is 5.15. The Hall–Kier alpha value is -2.62. The molecule has 0 N–H and O–H groups in total. The van der Waals surface area contributed by atoms with Crippen LogP contribution >= 0.6 is 0 Å². The van der Waals surface area contributed by atoms with Gasteiger partial charge in [0.25, 0.3) is 0 Å². The van der Waals surface area contributed by atoms with Crippen LogP contribution in [0.15, 0.2) is 60.2 Å². The zero-order chi connectivity index (χ0) is 17.8. The van der Waals surface area contributed by atoms with E-state index in [4.69, 9.17) is 0 Å². The van der Waals surface area contributed by atoms with Gasteiger partial charge >= 0.3 is 0 Å². The standard InChI is InChI=1S/C21H18F2O2/c22-18-11-5-3-9-16(18)20(24)13-14-7-1-2-8-15(14)21(25)17-10-4-6-12-19(17)23/h3-6,8-12,14H,1-2,7,13H2/t14-/m1/s1. The quantitative estimate of drug-likeness (QED) is 0.706. The Balaban J connectivity index is 1.83. The number of halogens is 2. The van der Waals surface area contributed by atoms with Crippen molar-refractivity contribution in [1.29, 1.82) is 0 Å². The lowest BCUT2D eigenvalue weighted by Crippen LogP contribution is -2.21. The number of carbonyl (C=O) groups is 2. The summed E-state index contributed by atoms with van der Waals surface area (Å²) in [6.07, 6.45) is 4.07. The topological polar surface area (TPSA) is 34.1 Å². The molecule has 0 spiro atoms. The van der Waals surface area contributed by atoms with E-state index in [2.05, 4.69) is 0 Å². The van der Waals surface area contributed by atoms with Crippen LogP contribution in [0.25, 0.3) is 0 Å². The zero-order valence-corrected chi connectivity index (χ0v) is 13.7. The summed E-state index contributed by atoms with van der Waals surface area (Å²) in [5.41, 5.74) is 0.505. The van der Waals surface area contributed by atoms with Crippen LogP contribution in [0.2, 0.25) is 0 Å². The number of hydrogen-bond donors (Lipinski definition) is 0. The van der Waals surface area contributed by atoms with Gasteiger partial charge in [0.2, 0.25) is 0 Å². The molecule has 0 amide bonds. The van der Waals surface area contributed by atoms with Crippen molar-refractivity contribution in [2.45, 2.75) is 25.7 Å². The van der Waals surface area contributed by atoms with E-state index in [-0.39, 0.29) is 35.0 Å². The molecule has 0 aromatic heterocycles. The van der Waals surface area contributed by atoms with Crippen LogP contribution in [-0.2, 0) is 0 Å². The van der Waals surface area contributed by atoms with Crippen LogP contribution in [0, 0.1) is 17.6 Å². The van der Waals surface area contributed by atoms with Gasteiger partial charge < -0.3 is 0 Å². The van der Waals surface area contributed by atoms with Crippen molar-refractivity contribution in [3.05, 3.63) is 82.9 Å². The molecule has 0 saturated carbocycles. The van der Waals surface area contributed by atoms with Crippen molar-refractivity contribution in [3.63, 3.8) is 0 Å². The first-order valence-corrected chi connectivity index (χ1v) is 8.35. The highest BCUT2D eigenvalue weighted by atomic mass is 19.1. The van der Waals surface area contributed by atoms with Gasteiger partial charge in [-0.1, -0.05) is 30.3 Å². The zero-order valence-electron chi connectivity index (χ0n) is 13.7. The van der Waals surface area contributed by atoms with Gasteiger partial charge in [0.05, 0.1) is 11.1 Å². The normalized spacial score (nSPS) is 17.0. The van der Waals surface area contributed by atoms with Crippen LogP contribution in [0.4, 0.5) is 8.78 Å². The third-order valence-corrected chi connectivity index (χ3v) is 4.55. The highest BCUT2D eigenvalue weighted by molar-refractivity contribution is 6.10. The molecule has 0 unspecified atom stereocenters. The summed E-state index contributed by atoms with van der Waals surface area (Å²) < 4.78 is 27.8. The summed E-state index contributed by atoms with van der Waals surface area (Å²) in [4.78, 5) is 25.2. The summed E-state index contributed by atoms with van der Waals surface area (Å²) in [6.45, 7) is 0. The molecule has 2 nitrogen and oxygen atoms in total. The van der Waals surface area contributed by atoms with E-state index in [1.165, 1.54) is 36.4 Å². The highest BCUT2D eigenvalue weighted by Gasteiger charge is 2.28. The number of allylic oxidation sites excluding steroid dienone is 2. The fraction of sp³-hybridized carbons (Fsp3) is 0.238. The minimum Gasteiger partial charge on any atom is -0.294 e. The molecule has 0 heterocycles. The van der Waals surface area contributed by atoms with E-state index in [1.807, 2.05) is 0 Å². The largest absolute Gasteiger partial charge is 0.294 e. The lowest BCUT2D eigenvalue weighted by atomic mass is 9.80. The summed E-state index contributed by atoms with van der Waals surface area (Å²) in [5, 5.41) is 0. The number of carbonyl (C=O) groups excluding carboxylic acids is 2. The van der Waals surface area contributed by atoms with Crippen molar-refractivity contribution < 1.29 is 18.4 Å². The molecule has 128 valence electrons. The first-order valence-electron chi connectivity index (χ1n) is 8.35. The molecule has 0 aliphatic heterocycles. The Labute approximate surface area is 145 Å². The second-order valence-corrected chi connectivity index (χ2v) is 6.20. The molecule has 1 atom stereocenters. The van der Waals surface area contributed by atoms with E-state index in [1.54, 1.807) is 18.2 Å². The maximum atomic E-state index is 13.9. The number of Topliss-reactive ketones (excluding diaryl/α,β-unsaturated/α-hetero) is 2. The van der Waals surface area contributed by atoms with E-state index in [9.17, 15) is 18.4 Å². The maximum absolute atomic E-state index is 13.9. The van der Waals surface area contributed by atoms with Gasteiger partial charge in [-0.3, -0.25) is 9.59 Å². The summed E-state index contributed by atoms with van der Waals surface area (Å²) in [7, 11) is 0. The monoisotopic (exact) mass is 340 g/mol. The van der Waals surface area contributed by atoms with Gasteiger partial charge in [-0.2, -0.15) is 0 Å². The molecular formula is C21H18F2O2. The molecule has 0 fully saturated rings. The van der Waals surface area contributed by atoms with Crippen molar-refractivity contribution in [2.24, 2.45) is 5.92 Å². The third kappa shape index (κ3) is 3.73. The summed E-state index contributed by atoms with van der Waals surface area (Å²) in [6, 6.07) is 11.7. The molecule has 25 heavy (non-hydrogen) atoms. The van der Waals surface area contributed by atoms with E-state index >= 15 is 0 Å². The fourth-order valence-corrected chi connectivity index (χ4v) is 3.26. The summed E-state index contributed by atoms with van der Waals surface area (Å²) in [5.74, 6) is -2.17. The average Bonchev–Trinajstić information content (AvgIpc) is 2.62. The van der Waals surface area contributed by atoms with Gasteiger partial charge in [-0.15, -0.1) is 0 Å². The second kappa shape index (κ2) is 7.51. The maximum Gasteiger partial charge on any atom is 0.191 e. The third-order valence-electron chi connectivity index (χ3n) is 4.55. The lowest BCUT2D eigenvalue weighted by Gasteiger charge is -2.23. The van der Waals surface area contributed by atoms with Crippen LogP contribution in [0.5, 0.6) is 0 Å². The van der Waals surface area contributed by atoms with Gasteiger partial charge in [0.15, 0.2) is 11.6 Å². The van der Waals surface area contributed by atoms with E-state index in [0.29, 0.717) is 12.0 Å². The summed E-state index contributed by atoms with van der Waals surface area (Å²) >= 11 is 0. The number of ketones is 2. The first-order chi connectivity index (χ1) is 12.1. The molecule has 2 aromatic carbocycles. The Kier molecular flexibility index (Phi) is 5.17. The van der Waals surface area contributed by atoms with Crippen LogP contribution in [-0.4, -0.2) is 11.6 Å². The highest BCUT2D eigenvalue weighted by Crippen LogP contribution is 2.32. The molecule has 1 aliphatic rings. The lowest BCUT2D eigenvalue weighted by molar-refractivity contribution is 0.0950. The predicted molar refractivity (Wildman–Crippen MR) is 91.5 cm³/mol. The van der Waals surface area contributed by atoms with Crippen molar-refractivity contribution in [3.8, 4) is 0 Å². The smallest absolute Gasteiger partial charge is 0.191 e. The van der Waals surface area contributed by atoms with Crippen LogP contribution in [0.3, 0.4) is 0 Å². The Bertz CT molecular complexity index is 839. The molecule has 3 rings (SSSR count). The van der Waals surface area contributed by atoms with Crippen molar-refractivity contribution in [2.75, 3.05) is 0 Å². The molecular weight excluding hydrogens is 322 g/mol. The Morgan fingerprint density at radius 1 is 0.920 bits per heavy atom. The first kappa shape index (κ1) is 17.2. The molecule has 0 radical (unpaired) electrons. The van der Waals surface area contributed by atoms with Crippen molar-refractivity contribution in [1.82, 2.24) is 0 Å². The minimum absolute atomic E-state index is 0.0130. The fourth-order valence-electron chi connectivity index (χ4n) is 3.26. The van der Waals surface area contributed by atoms with Gasteiger partial charge in [-0.05, 0) is 55.0 Å². The molecule has 0 saturated heterocycles. The SMILES string of the molecule is O=C(C[C@H]1CCCC=C1C(=O)c1ccccc1F)c1ccccc1F. The van der Waals surface area contributed by atoms with Gasteiger partial charge in [-0.25, -0.2) is 8.78 Å². The molecule has 4 heteroatoms. The number of benzene rings is 2. The number of hydrogen-bond acceptors (Lipinski definition) is 2. The molecule has 2 aromatic rings. The Morgan fingerprint density at radius 2 is 1.52 bits per heavy atom. The second-order valence-electron chi connectivity index (χ2n) is 6.20. The van der Waals surface area contributed by atoms with Crippen molar-refractivity contribution >= 4 is 11.6 Å². The van der Waals surface area contributed by atoms with Crippen LogP contribution in [0.1, 0.15) is 46.4 Å². The molecule has 0 bridgehead atoms. The Morgan fingerprint density at radius 3 is 2.16 bits per heavy atom. The van der Waals surface area contributed by atoms with Gasteiger partial charge in [0.1, 0.15) is 11.6 Å². The minimum atomic E-state index is -0.571. The van der Waals surface area contributed by atoms with Gasteiger partial charge in [0, 0.05) is 6.42 Å². The van der Waals surface area contributed by atoms with Crippen LogP contribution < -0.4 is 0 Å².